The first-order chi connectivity index (χ1) is 16.7. The molecule has 0 spiro atoms. The molecular formula is C25H29FN6O3. The number of nitrogens with one attached hydrogen (secondary N) is 2. The number of para-hydroxylation sites is 2. The maximum absolute atomic E-state index is 13.3. The van der Waals surface area contributed by atoms with E-state index in [9.17, 15) is 18.8 Å². The summed E-state index contributed by atoms with van der Waals surface area (Å²) in [5.41, 5.74) is 0.157. The zero-order valence-electron chi connectivity index (χ0n) is 20.0. The van der Waals surface area contributed by atoms with Crippen LogP contribution in [0.5, 0.6) is 0 Å². The Morgan fingerprint density at radius 2 is 1.89 bits per heavy atom. The van der Waals surface area contributed by atoms with E-state index >= 15 is 0 Å². The Morgan fingerprint density at radius 1 is 1.17 bits per heavy atom. The van der Waals surface area contributed by atoms with Crippen molar-refractivity contribution < 1.29 is 14.0 Å². The SMILES string of the molecule is CC(C)[C@H](NC(=O)c1nc2ccccc2[nH]c1=O)C(=O)N1CCC(N(C)c2ccc(F)cn2)CC1. The van der Waals surface area contributed by atoms with Crippen LogP contribution < -0.4 is 15.8 Å². The van der Waals surface area contributed by atoms with Crippen molar-refractivity contribution in [3.63, 3.8) is 0 Å². The smallest absolute Gasteiger partial charge is 0.280 e. The van der Waals surface area contributed by atoms with Crippen molar-refractivity contribution in [1.82, 2.24) is 25.2 Å². The van der Waals surface area contributed by atoms with Gasteiger partial charge in [-0.1, -0.05) is 26.0 Å². The minimum atomic E-state index is -0.789. The minimum Gasteiger partial charge on any atom is -0.357 e. The molecule has 9 nitrogen and oxygen atoms in total. The average molecular weight is 481 g/mol. The lowest BCUT2D eigenvalue weighted by atomic mass is 9.98. The molecule has 10 heteroatoms. The maximum Gasteiger partial charge on any atom is 0.280 e. The highest BCUT2D eigenvalue weighted by molar-refractivity contribution is 5.97. The van der Waals surface area contributed by atoms with Crippen LogP contribution in [-0.2, 0) is 4.79 Å². The number of benzene rings is 1. The van der Waals surface area contributed by atoms with E-state index < -0.39 is 17.5 Å². The number of pyridine rings is 1. The lowest BCUT2D eigenvalue weighted by Gasteiger charge is -2.39. The van der Waals surface area contributed by atoms with Gasteiger partial charge in [-0.25, -0.2) is 14.4 Å². The Bertz CT molecular complexity index is 1270. The average Bonchev–Trinajstić information content (AvgIpc) is 2.86. The molecular weight excluding hydrogens is 451 g/mol. The van der Waals surface area contributed by atoms with E-state index in [1.807, 2.05) is 25.8 Å². The molecule has 0 unspecified atom stereocenters. The fourth-order valence-electron chi connectivity index (χ4n) is 4.34. The quantitative estimate of drug-likeness (QED) is 0.560. The molecule has 184 valence electrons. The van der Waals surface area contributed by atoms with Crippen molar-refractivity contribution in [3.8, 4) is 0 Å². The second-order valence-corrected chi connectivity index (χ2v) is 9.13. The van der Waals surface area contributed by atoms with Crippen molar-refractivity contribution in [3.05, 3.63) is 64.5 Å². The molecule has 0 radical (unpaired) electrons. The van der Waals surface area contributed by atoms with Gasteiger partial charge in [-0.2, -0.15) is 0 Å². The lowest BCUT2D eigenvalue weighted by Crippen LogP contribution is -2.55. The van der Waals surface area contributed by atoms with Crippen LogP contribution in [0.1, 0.15) is 37.2 Å². The number of fused-ring (bicyclic) bond motifs is 1. The molecule has 1 aliphatic heterocycles. The van der Waals surface area contributed by atoms with Gasteiger partial charge in [0.25, 0.3) is 11.5 Å². The third-order valence-electron chi connectivity index (χ3n) is 6.43. The molecule has 1 saturated heterocycles. The van der Waals surface area contributed by atoms with Crippen LogP contribution in [0.2, 0.25) is 0 Å². The van der Waals surface area contributed by atoms with Gasteiger partial charge in [-0.3, -0.25) is 14.4 Å². The first-order valence-corrected chi connectivity index (χ1v) is 11.7. The van der Waals surface area contributed by atoms with Crippen LogP contribution in [0.4, 0.5) is 10.2 Å². The number of hydrogen-bond donors (Lipinski definition) is 2. The topological polar surface area (TPSA) is 111 Å². The molecule has 2 amide bonds. The molecule has 0 aliphatic carbocycles. The first kappa shape index (κ1) is 24.3. The normalized spacial score (nSPS) is 15.3. The Labute approximate surface area is 202 Å². The van der Waals surface area contributed by atoms with Gasteiger partial charge in [0.2, 0.25) is 5.91 Å². The van der Waals surface area contributed by atoms with Crippen molar-refractivity contribution in [2.24, 2.45) is 5.92 Å². The zero-order valence-corrected chi connectivity index (χ0v) is 20.0. The van der Waals surface area contributed by atoms with Crippen molar-refractivity contribution in [1.29, 1.82) is 0 Å². The largest absolute Gasteiger partial charge is 0.357 e. The number of aromatic amines is 1. The fourth-order valence-corrected chi connectivity index (χ4v) is 4.34. The number of likely N-dealkylation sites (tertiary alicyclic amines) is 1. The molecule has 3 heterocycles. The third-order valence-corrected chi connectivity index (χ3v) is 6.43. The molecule has 35 heavy (non-hydrogen) atoms. The Balaban J connectivity index is 1.42. The summed E-state index contributed by atoms with van der Waals surface area (Å²) < 4.78 is 13.2. The number of nitrogens with zero attached hydrogens (tertiary/aromatic N) is 4. The number of anilines is 1. The molecule has 2 N–H and O–H groups in total. The zero-order chi connectivity index (χ0) is 25.1. The van der Waals surface area contributed by atoms with Crippen molar-refractivity contribution in [2.45, 2.75) is 38.8 Å². The maximum atomic E-state index is 13.3. The standard InChI is InChI=1S/C25H29FN6O3/c1-15(2)21(30-24(34)22-23(33)29-19-7-5-4-6-18(19)28-22)25(35)32-12-10-17(11-13-32)31(3)20-9-8-16(26)14-27-20/h4-9,14-15,17,21H,10-13H2,1-3H3,(H,29,33)(H,30,34)/t21-/m0/s1. The Hall–Kier alpha value is -3.82. The summed E-state index contributed by atoms with van der Waals surface area (Å²) in [6, 6.07) is 9.33. The number of carbonyl (C=O) groups excluding carboxylic acids is 2. The summed E-state index contributed by atoms with van der Waals surface area (Å²) >= 11 is 0. The summed E-state index contributed by atoms with van der Waals surface area (Å²) in [6.45, 7) is 4.73. The third kappa shape index (κ3) is 5.31. The molecule has 3 aromatic rings. The van der Waals surface area contributed by atoms with Crippen molar-refractivity contribution >= 4 is 28.7 Å². The number of carbonyl (C=O) groups is 2. The molecule has 1 fully saturated rings. The predicted molar refractivity (Wildman–Crippen MR) is 131 cm³/mol. The van der Waals surface area contributed by atoms with Gasteiger partial charge < -0.3 is 20.1 Å². The van der Waals surface area contributed by atoms with Gasteiger partial charge in [0, 0.05) is 26.2 Å². The summed E-state index contributed by atoms with van der Waals surface area (Å²) in [7, 11) is 1.91. The Morgan fingerprint density at radius 3 is 2.54 bits per heavy atom. The lowest BCUT2D eigenvalue weighted by molar-refractivity contribution is -0.135. The predicted octanol–water partition coefficient (Wildman–Crippen LogP) is 2.34. The van der Waals surface area contributed by atoms with Crippen LogP contribution in [0.15, 0.2) is 47.4 Å². The number of amides is 2. The summed E-state index contributed by atoms with van der Waals surface area (Å²) in [6.07, 6.45) is 2.62. The summed E-state index contributed by atoms with van der Waals surface area (Å²) in [5, 5.41) is 2.73. The number of piperidine rings is 1. The van der Waals surface area contributed by atoms with Crippen LogP contribution in [0.3, 0.4) is 0 Å². The summed E-state index contributed by atoms with van der Waals surface area (Å²) in [5.74, 6) is -0.760. The van der Waals surface area contributed by atoms with Gasteiger partial charge in [0.15, 0.2) is 5.69 Å². The fraction of sp³-hybridized carbons (Fsp3) is 0.400. The molecule has 1 atom stereocenters. The van der Waals surface area contributed by atoms with Crippen LogP contribution in [0, 0.1) is 11.7 Å². The number of aromatic nitrogens is 3. The van der Waals surface area contributed by atoms with Crippen LogP contribution >= 0.6 is 0 Å². The second kappa shape index (κ2) is 10.2. The first-order valence-electron chi connectivity index (χ1n) is 11.7. The number of hydrogen-bond acceptors (Lipinski definition) is 6. The second-order valence-electron chi connectivity index (χ2n) is 9.13. The molecule has 1 aromatic carbocycles. The molecule has 1 aliphatic rings. The number of H-pyrrole nitrogens is 1. The molecule has 0 bridgehead atoms. The van der Waals surface area contributed by atoms with E-state index in [1.54, 1.807) is 35.2 Å². The highest BCUT2D eigenvalue weighted by Crippen LogP contribution is 2.22. The van der Waals surface area contributed by atoms with Gasteiger partial charge in [0.05, 0.1) is 17.2 Å². The van der Waals surface area contributed by atoms with Gasteiger partial charge in [-0.05, 0) is 43.0 Å². The van der Waals surface area contributed by atoms with Crippen LogP contribution in [0.25, 0.3) is 11.0 Å². The van der Waals surface area contributed by atoms with E-state index in [0.29, 0.717) is 42.8 Å². The highest BCUT2D eigenvalue weighted by Gasteiger charge is 2.33. The van der Waals surface area contributed by atoms with E-state index in [2.05, 4.69) is 20.3 Å². The van der Waals surface area contributed by atoms with Gasteiger partial charge in [0.1, 0.15) is 17.7 Å². The van der Waals surface area contributed by atoms with Crippen molar-refractivity contribution in [2.75, 3.05) is 25.0 Å². The molecule has 0 saturated carbocycles. The van der Waals surface area contributed by atoms with E-state index in [-0.39, 0.29) is 29.4 Å². The van der Waals surface area contributed by atoms with Gasteiger partial charge >= 0.3 is 0 Å². The molecule has 4 rings (SSSR count). The summed E-state index contributed by atoms with van der Waals surface area (Å²) in [4.78, 5) is 53.4. The highest BCUT2D eigenvalue weighted by atomic mass is 19.1. The minimum absolute atomic E-state index is 0.157. The van der Waals surface area contributed by atoms with E-state index in [0.717, 1.165) is 0 Å². The van der Waals surface area contributed by atoms with E-state index in [4.69, 9.17) is 0 Å². The number of halogens is 1. The van der Waals surface area contributed by atoms with Crippen LogP contribution in [-0.4, -0.2) is 63.9 Å². The number of rotatable bonds is 6. The monoisotopic (exact) mass is 480 g/mol. The molecule has 2 aromatic heterocycles. The van der Waals surface area contributed by atoms with E-state index in [1.165, 1.54) is 12.3 Å². The van der Waals surface area contributed by atoms with Gasteiger partial charge in [-0.15, -0.1) is 0 Å². The Kier molecular flexibility index (Phi) is 7.09.